The standard InChI is InChI=1S/C35H47NO9/c1-9-36(10-2)31(40)44-27-12-11-26(38)33(8)22-13-14-32(7)23(20(5)25-15-18(3)19(4)30(39)43-25)16-28(42-21(6)37)34(32,41)24(22)17-29-35(27,33)45-29/h11-12,16,20,22,24-25,27-29,41H,9-10,13-15,17H2,1-8H3. The van der Waals surface area contributed by atoms with E-state index in [0.717, 1.165) is 11.1 Å². The Morgan fingerprint density at radius 3 is 2.42 bits per heavy atom. The lowest BCUT2D eigenvalue weighted by molar-refractivity contribution is -0.224. The van der Waals surface area contributed by atoms with Crippen LogP contribution in [0.3, 0.4) is 0 Å². The Kier molecular flexibility index (Phi) is 7.48. The average molecular weight is 626 g/mol. The van der Waals surface area contributed by atoms with Gasteiger partial charge in [-0.2, -0.15) is 0 Å². The van der Waals surface area contributed by atoms with Gasteiger partial charge in [0.15, 0.2) is 11.9 Å². The largest absolute Gasteiger partial charge is 0.458 e. The van der Waals surface area contributed by atoms with Crippen LogP contribution in [0.1, 0.15) is 81.1 Å². The van der Waals surface area contributed by atoms with Crippen LogP contribution in [0.25, 0.3) is 0 Å². The number of ether oxygens (including phenoxy) is 4. The summed E-state index contributed by atoms with van der Waals surface area (Å²) >= 11 is 0. The van der Waals surface area contributed by atoms with Crippen LogP contribution >= 0.6 is 0 Å². The van der Waals surface area contributed by atoms with Crippen LogP contribution in [-0.4, -0.2) is 82.5 Å². The molecule has 10 heteroatoms. The van der Waals surface area contributed by atoms with E-state index in [2.05, 4.69) is 0 Å². The van der Waals surface area contributed by atoms with Gasteiger partial charge in [-0.25, -0.2) is 9.59 Å². The highest BCUT2D eigenvalue weighted by Crippen LogP contribution is 2.74. The second kappa shape index (κ2) is 10.5. The Morgan fingerprint density at radius 2 is 1.80 bits per heavy atom. The molecule has 0 aromatic rings. The van der Waals surface area contributed by atoms with E-state index in [-0.39, 0.29) is 23.6 Å². The maximum Gasteiger partial charge on any atom is 0.410 e. The van der Waals surface area contributed by atoms with E-state index < -0.39 is 64.4 Å². The molecule has 11 unspecified atom stereocenters. The molecule has 1 N–H and O–H groups in total. The molecular weight excluding hydrogens is 578 g/mol. The fraction of sp³-hybridized carbons (Fsp3) is 0.714. The monoisotopic (exact) mass is 625 g/mol. The average Bonchev–Trinajstić information content (AvgIpc) is 3.67. The molecule has 1 saturated heterocycles. The van der Waals surface area contributed by atoms with E-state index in [1.165, 1.54) is 13.0 Å². The number of epoxide rings is 1. The van der Waals surface area contributed by atoms with Crippen LogP contribution in [-0.2, 0) is 33.3 Å². The third-order valence-corrected chi connectivity index (χ3v) is 12.7. The lowest BCUT2D eigenvalue weighted by Gasteiger charge is -2.61. The highest BCUT2D eigenvalue weighted by atomic mass is 16.7. The van der Waals surface area contributed by atoms with Crippen molar-refractivity contribution in [1.82, 2.24) is 4.90 Å². The molecule has 4 aliphatic carbocycles. The van der Waals surface area contributed by atoms with E-state index in [0.29, 0.717) is 44.3 Å². The molecule has 1 spiro atoms. The normalized spacial score (nSPS) is 43.6. The number of hydrogen-bond donors (Lipinski definition) is 1. The first-order valence-corrected chi connectivity index (χ1v) is 16.5. The molecule has 6 aliphatic rings. The summed E-state index contributed by atoms with van der Waals surface area (Å²) in [5.74, 6) is -2.00. The topological polar surface area (TPSA) is 132 Å². The Hall–Kier alpha value is -2.98. The van der Waals surface area contributed by atoms with Crippen molar-refractivity contribution < 1.29 is 43.2 Å². The van der Waals surface area contributed by atoms with Crippen molar-refractivity contribution in [2.45, 2.75) is 117 Å². The third-order valence-electron chi connectivity index (χ3n) is 12.7. The summed E-state index contributed by atoms with van der Waals surface area (Å²) in [5, 5.41) is 13.1. The first kappa shape index (κ1) is 32.0. The van der Waals surface area contributed by atoms with Crippen molar-refractivity contribution in [3.05, 3.63) is 34.9 Å². The minimum atomic E-state index is -1.54. The van der Waals surface area contributed by atoms with Crippen LogP contribution in [0.15, 0.2) is 34.9 Å². The first-order valence-electron chi connectivity index (χ1n) is 16.5. The minimum absolute atomic E-state index is 0.114. The van der Waals surface area contributed by atoms with Gasteiger partial charge in [-0.05, 0) is 83.9 Å². The number of fused-ring (bicyclic) bond motifs is 4. The third kappa shape index (κ3) is 4.13. The van der Waals surface area contributed by atoms with Crippen LogP contribution in [0.2, 0.25) is 0 Å². The van der Waals surface area contributed by atoms with Gasteiger partial charge < -0.3 is 29.0 Å². The molecule has 6 rings (SSSR count). The molecule has 10 nitrogen and oxygen atoms in total. The Morgan fingerprint density at radius 1 is 1.11 bits per heavy atom. The number of cyclic esters (lactones) is 1. The van der Waals surface area contributed by atoms with Gasteiger partial charge >= 0.3 is 18.0 Å². The van der Waals surface area contributed by atoms with Crippen molar-refractivity contribution in [3.8, 4) is 0 Å². The van der Waals surface area contributed by atoms with E-state index >= 15 is 0 Å². The lowest BCUT2D eigenvalue weighted by atomic mass is 9.42. The SMILES string of the molecule is CCN(CC)C(=O)OC1C=CC(=O)C2(C)C3CCC4(C)C(C(C)C5CC(C)=C(C)C(=O)O5)=CC(OC(C)=O)C4(O)C3CC3OC132. The highest BCUT2D eigenvalue weighted by Gasteiger charge is 2.83. The molecule has 45 heavy (non-hydrogen) atoms. The summed E-state index contributed by atoms with van der Waals surface area (Å²) in [4.78, 5) is 53.7. The zero-order valence-corrected chi connectivity index (χ0v) is 27.7. The molecule has 0 bridgehead atoms. The number of allylic oxidation sites excluding steroid dienone is 1. The van der Waals surface area contributed by atoms with Crippen LogP contribution in [0, 0.1) is 28.6 Å². The first-order chi connectivity index (χ1) is 21.1. The zero-order chi connectivity index (χ0) is 32.9. The maximum atomic E-state index is 14.0. The van der Waals surface area contributed by atoms with Gasteiger partial charge in [0.1, 0.15) is 23.4 Å². The number of esters is 2. The molecule has 2 aliphatic heterocycles. The van der Waals surface area contributed by atoms with E-state index in [9.17, 15) is 24.3 Å². The zero-order valence-electron chi connectivity index (χ0n) is 27.7. The van der Waals surface area contributed by atoms with Gasteiger partial charge in [-0.1, -0.05) is 25.0 Å². The predicted molar refractivity (Wildman–Crippen MR) is 163 cm³/mol. The van der Waals surface area contributed by atoms with Gasteiger partial charge in [0.05, 0.1) is 11.5 Å². The van der Waals surface area contributed by atoms with E-state index in [1.54, 1.807) is 17.9 Å². The predicted octanol–water partition coefficient (Wildman–Crippen LogP) is 4.44. The van der Waals surface area contributed by atoms with Crippen LogP contribution in [0.5, 0.6) is 0 Å². The van der Waals surface area contributed by atoms with Crippen molar-refractivity contribution in [2.24, 2.45) is 28.6 Å². The number of nitrogens with zero attached hydrogens (tertiary/aromatic N) is 1. The molecule has 0 aromatic carbocycles. The summed E-state index contributed by atoms with van der Waals surface area (Å²) in [5.41, 5.74) is -1.96. The van der Waals surface area contributed by atoms with Gasteiger partial charge in [-0.3, -0.25) is 9.59 Å². The number of aliphatic hydroxyl groups is 1. The van der Waals surface area contributed by atoms with E-state index in [4.69, 9.17) is 18.9 Å². The fourth-order valence-corrected chi connectivity index (χ4v) is 9.91. The van der Waals surface area contributed by atoms with Crippen molar-refractivity contribution in [3.63, 3.8) is 0 Å². The van der Waals surface area contributed by atoms with Crippen molar-refractivity contribution >= 4 is 23.8 Å². The number of carbonyl (C=O) groups is 4. The van der Waals surface area contributed by atoms with E-state index in [1.807, 2.05) is 47.6 Å². The summed E-state index contributed by atoms with van der Waals surface area (Å²) in [7, 11) is 0. The summed E-state index contributed by atoms with van der Waals surface area (Å²) < 4.78 is 24.3. The van der Waals surface area contributed by atoms with Gasteiger partial charge in [-0.15, -0.1) is 0 Å². The number of carbonyl (C=O) groups excluding carboxylic acids is 4. The fourth-order valence-electron chi connectivity index (χ4n) is 9.91. The molecule has 1 amide bonds. The van der Waals surface area contributed by atoms with Gasteiger partial charge in [0.25, 0.3) is 0 Å². The Labute approximate surface area is 265 Å². The second-order valence-corrected chi connectivity index (χ2v) is 14.4. The quantitative estimate of drug-likeness (QED) is 0.197. The Balaban J connectivity index is 1.37. The van der Waals surface area contributed by atoms with Gasteiger partial charge in [0.2, 0.25) is 0 Å². The summed E-state index contributed by atoms with van der Waals surface area (Å²) in [6.07, 6.45) is 4.14. The minimum Gasteiger partial charge on any atom is -0.458 e. The number of rotatable bonds is 6. The van der Waals surface area contributed by atoms with Crippen LogP contribution in [0.4, 0.5) is 4.79 Å². The van der Waals surface area contributed by atoms with Gasteiger partial charge in [0, 0.05) is 43.3 Å². The number of amides is 1. The number of ketones is 1. The highest BCUT2D eigenvalue weighted by molar-refractivity contribution is 5.98. The molecule has 246 valence electrons. The smallest absolute Gasteiger partial charge is 0.410 e. The Bertz CT molecular complexity index is 1430. The van der Waals surface area contributed by atoms with Crippen molar-refractivity contribution in [1.29, 1.82) is 0 Å². The number of hydrogen-bond acceptors (Lipinski definition) is 9. The molecular formula is C35H47NO9. The summed E-state index contributed by atoms with van der Waals surface area (Å²) in [6.45, 7) is 15.7. The summed E-state index contributed by atoms with van der Waals surface area (Å²) in [6, 6.07) is 0. The second-order valence-electron chi connectivity index (χ2n) is 14.4. The molecule has 2 heterocycles. The molecule has 0 radical (unpaired) electrons. The molecule has 2 saturated carbocycles. The maximum absolute atomic E-state index is 14.0. The molecule has 0 aromatic heterocycles. The molecule has 3 fully saturated rings. The molecule has 11 atom stereocenters. The lowest BCUT2D eigenvalue weighted by Crippen LogP contribution is -2.70. The van der Waals surface area contributed by atoms with Crippen LogP contribution < -0.4 is 0 Å². The van der Waals surface area contributed by atoms with Crippen molar-refractivity contribution in [2.75, 3.05) is 13.1 Å².